The molecule has 0 fully saturated rings. The van der Waals surface area contributed by atoms with Crippen molar-refractivity contribution in [3.63, 3.8) is 0 Å². The summed E-state index contributed by atoms with van der Waals surface area (Å²) in [5.41, 5.74) is 31.2. The highest BCUT2D eigenvalue weighted by Gasteiger charge is 2.21. The first kappa shape index (κ1) is 63.3. The normalized spacial score (nSPS) is 12.0. The first-order valence-corrected chi connectivity index (χ1v) is 33.5. The van der Waals surface area contributed by atoms with Crippen LogP contribution in [-0.4, -0.2) is 9.97 Å². The van der Waals surface area contributed by atoms with E-state index in [4.69, 9.17) is 9.97 Å². The SMILES string of the molecule is CC(C)(C)c1ccc(-c2cc(-c3ccc(C(C)(C)C)cc3)cc(-c3cccc(-c4ccnc(-c5cccc(N(c6ccccc6)c6cccc(-c7cc(-c8cccc(-c9cc(-c%10ccc(C(C)(C)C)cc%10)cc(-c%10ccc(C(C)(C)C)cc%10)c9)c8)ccn7)c6)c5)c4)c3)c2)cc1. The highest BCUT2D eigenvalue weighted by Crippen LogP contribution is 2.42. The third-order valence-electron chi connectivity index (χ3n) is 18.6. The molecule has 0 saturated carbocycles. The maximum Gasteiger partial charge on any atom is 0.0708 e. The van der Waals surface area contributed by atoms with E-state index in [9.17, 15) is 0 Å². The molecule has 13 rings (SSSR count). The lowest BCUT2D eigenvalue weighted by molar-refractivity contribution is 0.590. The van der Waals surface area contributed by atoms with Gasteiger partial charge >= 0.3 is 0 Å². The Balaban J connectivity index is 0.803. The summed E-state index contributed by atoms with van der Waals surface area (Å²) in [4.78, 5) is 12.4. The Kier molecular flexibility index (Phi) is 17.2. The van der Waals surface area contributed by atoms with Crippen molar-refractivity contribution in [2.45, 2.75) is 105 Å². The summed E-state index contributed by atoms with van der Waals surface area (Å²) in [5.74, 6) is 0. The van der Waals surface area contributed by atoms with Gasteiger partial charge < -0.3 is 4.90 Å². The van der Waals surface area contributed by atoms with Crippen LogP contribution in [0.2, 0.25) is 0 Å². The van der Waals surface area contributed by atoms with Gasteiger partial charge in [0.1, 0.15) is 0 Å². The standard InChI is InChI=1S/C92H85N3/c1-89(2,3)80-38-30-62(31-39-80)74-52-75(63-32-40-81(41-33-63)90(4,5)6)55-78(54-74)68-22-16-20-66(50-68)70-46-48-93-87(60-70)72-24-18-28-85(58-72)95(84-26-14-13-15-27-84)86-29-19-25-73(59-86)88-61-71(47-49-94-88)67-21-17-23-69(51-67)79-56-76(64-34-42-82(43-35-64)91(7,8)9)53-77(57-79)65-36-44-83(45-37-65)92(10,11)12/h13-61H,1-12H3. The summed E-state index contributed by atoms with van der Waals surface area (Å²) in [5, 5.41) is 0. The van der Waals surface area contributed by atoms with Gasteiger partial charge in [-0.05, 0) is 242 Å². The van der Waals surface area contributed by atoms with Gasteiger partial charge in [0.25, 0.3) is 0 Å². The van der Waals surface area contributed by atoms with Crippen LogP contribution in [0.25, 0.3) is 112 Å². The lowest BCUT2D eigenvalue weighted by Crippen LogP contribution is -2.10. The monoisotopic (exact) mass is 1230 g/mol. The van der Waals surface area contributed by atoms with Crippen LogP contribution < -0.4 is 4.90 Å². The molecule has 0 amide bonds. The van der Waals surface area contributed by atoms with Gasteiger partial charge in [-0.25, -0.2) is 0 Å². The van der Waals surface area contributed by atoms with Crippen molar-refractivity contribution in [1.29, 1.82) is 0 Å². The third-order valence-corrected chi connectivity index (χ3v) is 18.6. The highest BCUT2D eigenvalue weighted by atomic mass is 15.1. The zero-order chi connectivity index (χ0) is 66.2. The Morgan fingerprint density at radius 2 is 0.432 bits per heavy atom. The van der Waals surface area contributed by atoms with Gasteiger partial charge in [0.2, 0.25) is 0 Å². The molecule has 0 spiro atoms. The molecule has 0 aliphatic heterocycles. The van der Waals surface area contributed by atoms with Crippen LogP contribution in [0.15, 0.2) is 298 Å². The summed E-state index contributed by atoms with van der Waals surface area (Å²) >= 11 is 0. The maximum absolute atomic E-state index is 5.03. The number of pyridine rings is 2. The summed E-state index contributed by atoms with van der Waals surface area (Å²) in [6.45, 7) is 27.3. The molecule has 0 aliphatic carbocycles. The fourth-order valence-electron chi connectivity index (χ4n) is 12.8. The molecular formula is C92H85N3. The number of aromatic nitrogens is 2. The van der Waals surface area contributed by atoms with Crippen molar-refractivity contribution in [2.24, 2.45) is 0 Å². The Hall–Kier alpha value is -10.5. The van der Waals surface area contributed by atoms with Crippen molar-refractivity contribution >= 4 is 17.1 Å². The lowest BCUT2D eigenvalue weighted by Gasteiger charge is -2.26. The van der Waals surface area contributed by atoms with Crippen molar-refractivity contribution in [3.05, 3.63) is 320 Å². The van der Waals surface area contributed by atoms with Crippen LogP contribution in [-0.2, 0) is 21.7 Å². The first-order valence-electron chi connectivity index (χ1n) is 33.5. The molecule has 95 heavy (non-hydrogen) atoms. The minimum absolute atomic E-state index is 0.0700. The molecule has 3 heteroatoms. The average Bonchev–Trinajstić information content (AvgIpc) is 0.822. The Morgan fingerprint density at radius 1 is 0.189 bits per heavy atom. The quantitative estimate of drug-likeness (QED) is 0.115. The van der Waals surface area contributed by atoms with Crippen LogP contribution in [0.3, 0.4) is 0 Å². The molecule has 0 saturated heterocycles. The summed E-state index contributed by atoms with van der Waals surface area (Å²) in [6.07, 6.45) is 3.88. The van der Waals surface area contributed by atoms with Crippen LogP contribution >= 0.6 is 0 Å². The largest absolute Gasteiger partial charge is 0.310 e. The van der Waals surface area contributed by atoms with Gasteiger partial charge in [0.05, 0.1) is 11.4 Å². The highest BCUT2D eigenvalue weighted by molar-refractivity contribution is 5.87. The maximum atomic E-state index is 5.03. The zero-order valence-electron chi connectivity index (χ0n) is 57.1. The van der Waals surface area contributed by atoms with Gasteiger partial charge in [-0.15, -0.1) is 0 Å². The van der Waals surface area contributed by atoms with Crippen LogP contribution in [0.5, 0.6) is 0 Å². The fraction of sp³-hybridized carbons (Fsp3) is 0.174. The molecule has 0 N–H and O–H groups in total. The van der Waals surface area contributed by atoms with E-state index in [2.05, 4.69) is 373 Å². The number of nitrogens with zero attached hydrogens (tertiary/aromatic N) is 3. The van der Waals surface area contributed by atoms with Gasteiger partial charge in [-0.1, -0.05) is 259 Å². The van der Waals surface area contributed by atoms with Crippen LogP contribution in [0.4, 0.5) is 17.1 Å². The zero-order valence-corrected chi connectivity index (χ0v) is 57.1. The lowest BCUT2D eigenvalue weighted by atomic mass is 9.85. The fourth-order valence-corrected chi connectivity index (χ4v) is 12.8. The summed E-state index contributed by atoms with van der Waals surface area (Å²) < 4.78 is 0. The first-order chi connectivity index (χ1) is 45.5. The topological polar surface area (TPSA) is 29.0 Å². The van der Waals surface area contributed by atoms with Gasteiger partial charge in [-0.2, -0.15) is 0 Å². The van der Waals surface area contributed by atoms with E-state index >= 15 is 0 Å². The van der Waals surface area contributed by atoms with Gasteiger partial charge in [-0.3, -0.25) is 9.97 Å². The number of para-hydroxylation sites is 1. The molecule has 2 aromatic heterocycles. The number of hydrogen-bond acceptors (Lipinski definition) is 3. The Labute approximate surface area is 564 Å². The van der Waals surface area contributed by atoms with E-state index in [1.54, 1.807) is 0 Å². The third kappa shape index (κ3) is 14.2. The molecule has 0 atom stereocenters. The van der Waals surface area contributed by atoms with E-state index in [1.165, 1.54) is 77.9 Å². The number of benzene rings is 11. The molecule has 3 nitrogen and oxygen atoms in total. The van der Waals surface area contributed by atoms with E-state index in [0.29, 0.717) is 0 Å². The smallest absolute Gasteiger partial charge is 0.0708 e. The summed E-state index contributed by atoms with van der Waals surface area (Å²) in [6, 6.07) is 105. The molecule has 13 aromatic rings. The molecule has 0 unspecified atom stereocenters. The molecule has 2 heterocycles. The van der Waals surface area contributed by atoms with Crippen LogP contribution in [0.1, 0.15) is 105 Å². The molecule has 0 radical (unpaired) electrons. The van der Waals surface area contributed by atoms with Gasteiger partial charge in [0, 0.05) is 40.6 Å². The summed E-state index contributed by atoms with van der Waals surface area (Å²) in [7, 11) is 0. The molecule has 0 bridgehead atoms. The molecular weight excluding hydrogens is 1150 g/mol. The van der Waals surface area contributed by atoms with Crippen molar-refractivity contribution in [2.75, 3.05) is 4.90 Å². The van der Waals surface area contributed by atoms with Crippen molar-refractivity contribution in [3.8, 4) is 112 Å². The van der Waals surface area contributed by atoms with Crippen molar-refractivity contribution in [1.82, 2.24) is 9.97 Å². The minimum atomic E-state index is 0.0700. The van der Waals surface area contributed by atoms with Gasteiger partial charge in [0.15, 0.2) is 0 Å². The van der Waals surface area contributed by atoms with Crippen LogP contribution in [0, 0.1) is 0 Å². The minimum Gasteiger partial charge on any atom is -0.310 e. The predicted molar refractivity (Wildman–Crippen MR) is 406 cm³/mol. The van der Waals surface area contributed by atoms with E-state index < -0.39 is 0 Å². The Morgan fingerprint density at radius 3 is 0.737 bits per heavy atom. The second kappa shape index (κ2) is 25.8. The van der Waals surface area contributed by atoms with E-state index in [1.807, 2.05) is 12.4 Å². The molecule has 11 aromatic carbocycles. The van der Waals surface area contributed by atoms with E-state index in [0.717, 1.165) is 73.0 Å². The van der Waals surface area contributed by atoms with Crippen molar-refractivity contribution < 1.29 is 0 Å². The average molecular weight is 1230 g/mol. The molecule has 0 aliphatic rings. The number of rotatable bonds is 13. The Bertz CT molecular complexity index is 4430. The predicted octanol–water partition coefficient (Wildman–Crippen LogP) is 25.8. The second-order valence-electron chi connectivity index (χ2n) is 29.7. The molecule has 468 valence electrons. The second-order valence-corrected chi connectivity index (χ2v) is 29.7. The number of hydrogen-bond donors (Lipinski definition) is 0. The number of anilines is 3. The van der Waals surface area contributed by atoms with E-state index in [-0.39, 0.29) is 21.7 Å².